The van der Waals surface area contributed by atoms with Crippen LogP contribution in [0.15, 0.2) is 29.6 Å². The second kappa shape index (κ2) is 5.97. The van der Waals surface area contributed by atoms with Crippen LogP contribution in [0.3, 0.4) is 0 Å². The average molecular weight is 304 g/mol. The number of aromatic carboxylic acids is 1. The van der Waals surface area contributed by atoms with E-state index in [4.69, 9.17) is 5.11 Å². The Bertz CT molecular complexity index is 674. The first-order valence-corrected chi connectivity index (χ1v) is 7.20. The quantitative estimate of drug-likeness (QED) is 0.907. The molecule has 1 heterocycles. The normalized spacial score (nSPS) is 10.2. The van der Waals surface area contributed by atoms with Crippen molar-refractivity contribution in [3.8, 4) is 0 Å². The zero-order valence-electron chi connectivity index (χ0n) is 12.0. The summed E-state index contributed by atoms with van der Waals surface area (Å²) in [6, 6.07) is 6.93. The Balaban J connectivity index is 2.19. The number of nitrogens with zero attached hydrogens (tertiary/aromatic N) is 1. The van der Waals surface area contributed by atoms with Crippen molar-refractivity contribution in [2.75, 3.05) is 17.3 Å². The molecule has 21 heavy (non-hydrogen) atoms. The van der Waals surface area contributed by atoms with Gasteiger partial charge in [0.05, 0.1) is 5.56 Å². The highest BCUT2D eigenvalue weighted by atomic mass is 32.1. The molecule has 2 amide bonds. The van der Waals surface area contributed by atoms with E-state index in [1.165, 1.54) is 22.3 Å². The van der Waals surface area contributed by atoms with Crippen molar-refractivity contribution in [2.24, 2.45) is 0 Å². The summed E-state index contributed by atoms with van der Waals surface area (Å²) in [5.41, 5.74) is 2.99. The first-order valence-electron chi connectivity index (χ1n) is 6.32. The van der Waals surface area contributed by atoms with Crippen LogP contribution in [-0.2, 0) is 0 Å². The zero-order chi connectivity index (χ0) is 15.6. The highest BCUT2D eigenvalue weighted by Gasteiger charge is 2.17. The molecule has 0 atom stereocenters. The Labute approximate surface area is 126 Å². The van der Waals surface area contributed by atoms with Gasteiger partial charge in [-0.3, -0.25) is 10.2 Å². The molecule has 5 nitrogen and oxygen atoms in total. The lowest BCUT2D eigenvalue weighted by molar-refractivity contribution is 0.0698. The van der Waals surface area contributed by atoms with Crippen molar-refractivity contribution in [3.63, 3.8) is 0 Å². The van der Waals surface area contributed by atoms with Gasteiger partial charge in [-0.2, -0.15) is 0 Å². The zero-order valence-corrected chi connectivity index (χ0v) is 12.8. The summed E-state index contributed by atoms with van der Waals surface area (Å²) >= 11 is 1.19. The molecular weight excluding hydrogens is 288 g/mol. The SMILES string of the molecule is Cc1cc(C)cc(N(C)C(=O)Nc2sccc2C(=O)O)c1. The van der Waals surface area contributed by atoms with Crippen molar-refractivity contribution in [1.29, 1.82) is 0 Å². The Hall–Kier alpha value is -2.34. The summed E-state index contributed by atoms with van der Waals surface area (Å²) in [5.74, 6) is -1.05. The van der Waals surface area contributed by atoms with Crippen LogP contribution < -0.4 is 10.2 Å². The number of carboxylic acid groups (broad SMARTS) is 1. The van der Waals surface area contributed by atoms with Crippen molar-refractivity contribution < 1.29 is 14.7 Å². The van der Waals surface area contributed by atoms with Crippen LogP contribution in [0.5, 0.6) is 0 Å². The molecule has 0 aliphatic carbocycles. The molecule has 1 aromatic carbocycles. The van der Waals surface area contributed by atoms with E-state index in [0.717, 1.165) is 16.8 Å². The second-order valence-electron chi connectivity index (χ2n) is 4.80. The molecule has 0 unspecified atom stereocenters. The first-order chi connectivity index (χ1) is 9.88. The highest BCUT2D eigenvalue weighted by molar-refractivity contribution is 7.14. The summed E-state index contributed by atoms with van der Waals surface area (Å²) in [5, 5.41) is 13.6. The number of thiophene rings is 1. The summed E-state index contributed by atoms with van der Waals surface area (Å²) in [4.78, 5) is 24.7. The molecule has 0 saturated carbocycles. The molecule has 2 aromatic rings. The Morgan fingerprint density at radius 2 is 1.81 bits per heavy atom. The van der Waals surface area contributed by atoms with Crippen LogP contribution >= 0.6 is 11.3 Å². The number of carboxylic acids is 1. The molecule has 0 bridgehead atoms. The monoisotopic (exact) mass is 304 g/mol. The lowest BCUT2D eigenvalue weighted by atomic mass is 10.1. The third-order valence-electron chi connectivity index (χ3n) is 3.01. The molecular formula is C15H16N2O3S. The maximum Gasteiger partial charge on any atom is 0.338 e. The first kappa shape index (κ1) is 15.1. The number of rotatable bonds is 3. The molecule has 110 valence electrons. The molecule has 0 saturated heterocycles. The summed E-state index contributed by atoms with van der Waals surface area (Å²) in [7, 11) is 1.65. The molecule has 2 N–H and O–H groups in total. The van der Waals surface area contributed by atoms with E-state index < -0.39 is 5.97 Å². The number of anilines is 2. The number of amides is 2. The molecule has 0 spiro atoms. The Morgan fingerprint density at radius 3 is 2.38 bits per heavy atom. The minimum atomic E-state index is -1.05. The minimum absolute atomic E-state index is 0.0992. The molecule has 1 aromatic heterocycles. The molecule has 0 aliphatic heterocycles. The van der Waals surface area contributed by atoms with E-state index in [1.807, 2.05) is 32.0 Å². The maximum atomic E-state index is 12.2. The van der Waals surface area contributed by atoms with Gasteiger partial charge in [0.1, 0.15) is 5.00 Å². The number of hydrogen-bond acceptors (Lipinski definition) is 3. The second-order valence-corrected chi connectivity index (χ2v) is 5.72. The van der Waals surface area contributed by atoms with Gasteiger partial charge in [-0.15, -0.1) is 11.3 Å². The average Bonchev–Trinajstić information content (AvgIpc) is 2.84. The van der Waals surface area contributed by atoms with E-state index >= 15 is 0 Å². The standard InChI is InChI=1S/C15H16N2O3S/c1-9-6-10(2)8-11(7-9)17(3)15(20)16-13-12(14(18)19)4-5-21-13/h4-8H,1-3H3,(H,16,20)(H,18,19). The molecule has 2 rings (SSSR count). The van der Waals surface area contributed by atoms with E-state index in [-0.39, 0.29) is 11.6 Å². The number of hydrogen-bond donors (Lipinski definition) is 2. The topological polar surface area (TPSA) is 69.6 Å². The van der Waals surface area contributed by atoms with Gasteiger partial charge in [-0.25, -0.2) is 9.59 Å². The van der Waals surface area contributed by atoms with Gasteiger partial charge in [0.2, 0.25) is 0 Å². The predicted octanol–water partition coefficient (Wildman–Crippen LogP) is 3.73. The fourth-order valence-electron chi connectivity index (χ4n) is 2.02. The lowest BCUT2D eigenvalue weighted by Crippen LogP contribution is -2.31. The number of benzene rings is 1. The maximum absolute atomic E-state index is 12.2. The number of carbonyl (C=O) groups excluding carboxylic acids is 1. The van der Waals surface area contributed by atoms with Crippen molar-refractivity contribution in [2.45, 2.75) is 13.8 Å². The van der Waals surface area contributed by atoms with Gasteiger partial charge < -0.3 is 5.11 Å². The van der Waals surface area contributed by atoms with E-state index in [0.29, 0.717) is 5.00 Å². The van der Waals surface area contributed by atoms with Crippen LogP contribution in [0.25, 0.3) is 0 Å². The predicted molar refractivity (Wildman–Crippen MR) is 84.6 cm³/mol. The molecule has 0 aliphatic rings. The van der Waals surface area contributed by atoms with E-state index in [9.17, 15) is 9.59 Å². The van der Waals surface area contributed by atoms with Crippen molar-refractivity contribution in [1.82, 2.24) is 0 Å². The number of carbonyl (C=O) groups is 2. The van der Waals surface area contributed by atoms with Gasteiger partial charge in [0, 0.05) is 12.7 Å². The van der Waals surface area contributed by atoms with Crippen molar-refractivity contribution in [3.05, 3.63) is 46.3 Å². The highest BCUT2D eigenvalue weighted by Crippen LogP contribution is 2.24. The Kier molecular flexibility index (Phi) is 4.28. The minimum Gasteiger partial charge on any atom is -0.478 e. The summed E-state index contributed by atoms with van der Waals surface area (Å²) in [6.45, 7) is 3.92. The fourth-order valence-corrected chi connectivity index (χ4v) is 2.79. The molecule has 0 radical (unpaired) electrons. The van der Waals surface area contributed by atoms with Crippen LogP contribution in [0.1, 0.15) is 21.5 Å². The van der Waals surface area contributed by atoms with Gasteiger partial charge in [-0.05, 0) is 48.6 Å². The summed E-state index contributed by atoms with van der Waals surface area (Å²) < 4.78 is 0. The van der Waals surface area contributed by atoms with Crippen molar-refractivity contribution >= 4 is 34.0 Å². The Morgan fingerprint density at radius 1 is 1.19 bits per heavy atom. The smallest absolute Gasteiger partial charge is 0.338 e. The number of urea groups is 1. The van der Waals surface area contributed by atoms with Crippen LogP contribution in [-0.4, -0.2) is 24.2 Å². The van der Waals surface area contributed by atoms with Gasteiger partial charge in [-0.1, -0.05) is 6.07 Å². The molecule has 6 heteroatoms. The van der Waals surface area contributed by atoms with Gasteiger partial charge in [0.15, 0.2) is 0 Å². The third-order valence-corrected chi connectivity index (χ3v) is 3.84. The van der Waals surface area contributed by atoms with E-state index in [1.54, 1.807) is 12.4 Å². The number of nitrogens with one attached hydrogen (secondary N) is 1. The molecule has 0 fully saturated rings. The lowest BCUT2D eigenvalue weighted by Gasteiger charge is -2.19. The fraction of sp³-hybridized carbons (Fsp3) is 0.200. The van der Waals surface area contributed by atoms with Gasteiger partial charge in [0.25, 0.3) is 0 Å². The van der Waals surface area contributed by atoms with E-state index in [2.05, 4.69) is 5.32 Å². The van der Waals surface area contributed by atoms with Crippen LogP contribution in [0, 0.1) is 13.8 Å². The largest absolute Gasteiger partial charge is 0.478 e. The summed E-state index contributed by atoms with van der Waals surface area (Å²) in [6.07, 6.45) is 0. The number of aryl methyl sites for hydroxylation is 2. The van der Waals surface area contributed by atoms with Crippen LogP contribution in [0.2, 0.25) is 0 Å². The van der Waals surface area contributed by atoms with Crippen LogP contribution in [0.4, 0.5) is 15.5 Å². The third kappa shape index (κ3) is 3.41. The van der Waals surface area contributed by atoms with Gasteiger partial charge >= 0.3 is 12.0 Å².